The maximum Gasteiger partial charge on any atom is 0.240 e. The quantitative estimate of drug-likeness (QED) is 0.854. The lowest BCUT2D eigenvalue weighted by molar-refractivity contribution is 0.246. The zero-order valence-electron chi connectivity index (χ0n) is 13.4. The number of nitrogens with zero attached hydrogens (tertiary/aromatic N) is 1. The van der Waals surface area contributed by atoms with E-state index in [2.05, 4.69) is 9.62 Å². The highest BCUT2D eigenvalue weighted by molar-refractivity contribution is 7.89. The van der Waals surface area contributed by atoms with Crippen molar-refractivity contribution in [3.8, 4) is 0 Å². The van der Waals surface area contributed by atoms with Gasteiger partial charge in [-0.3, -0.25) is 4.90 Å². The fourth-order valence-electron chi connectivity index (χ4n) is 3.10. The summed E-state index contributed by atoms with van der Waals surface area (Å²) in [6.07, 6.45) is 2.28. The van der Waals surface area contributed by atoms with Crippen LogP contribution in [0.1, 0.15) is 24.4 Å². The predicted molar refractivity (Wildman–Crippen MR) is 96.6 cm³/mol. The van der Waals surface area contributed by atoms with Crippen LogP contribution in [0.3, 0.4) is 0 Å². The van der Waals surface area contributed by atoms with Crippen LogP contribution in [-0.2, 0) is 10.0 Å². The predicted octanol–water partition coefficient (Wildman–Crippen LogP) is 3.46. The number of hydrogen-bond acceptors (Lipinski definition) is 3. The van der Waals surface area contributed by atoms with Gasteiger partial charge in [0.25, 0.3) is 0 Å². The largest absolute Gasteiger partial charge is 0.295 e. The first-order chi connectivity index (χ1) is 11.6. The van der Waals surface area contributed by atoms with Gasteiger partial charge in [-0.25, -0.2) is 13.1 Å². The van der Waals surface area contributed by atoms with Crippen LogP contribution in [-0.4, -0.2) is 33.0 Å². The van der Waals surface area contributed by atoms with Gasteiger partial charge < -0.3 is 0 Å². The van der Waals surface area contributed by atoms with Crippen molar-refractivity contribution < 1.29 is 8.42 Å². The first-order valence-corrected chi connectivity index (χ1v) is 9.96. The molecule has 0 radical (unpaired) electrons. The van der Waals surface area contributed by atoms with Gasteiger partial charge in [-0.05, 0) is 55.8 Å². The summed E-state index contributed by atoms with van der Waals surface area (Å²) in [6, 6.07) is 16.1. The molecule has 1 aliphatic rings. The molecule has 3 rings (SSSR count). The first-order valence-electron chi connectivity index (χ1n) is 8.10. The fraction of sp³-hybridized carbons (Fsp3) is 0.333. The minimum absolute atomic E-state index is 0.00955. The van der Waals surface area contributed by atoms with Crippen molar-refractivity contribution in [3.05, 3.63) is 65.2 Å². The number of hydrogen-bond donors (Lipinski definition) is 1. The Morgan fingerprint density at radius 1 is 1.04 bits per heavy atom. The molecule has 2 aromatic rings. The Morgan fingerprint density at radius 2 is 1.75 bits per heavy atom. The van der Waals surface area contributed by atoms with Crippen molar-refractivity contribution in [3.63, 3.8) is 0 Å². The van der Waals surface area contributed by atoms with Crippen molar-refractivity contribution in [2.45, 2.75) is 23.8 Å². The summed E-state index contributed by atoms with van der Waals surface area (Å²) in [5, 5.41) is 0.669. The van der Waals surface area contributed by atoms with E-state index in [1.165, 1.54) is 0 Å². The Kier molecular flexibility index (Phi) is 5.56. The molecule has 0 saturated carbocycles. The monoisotopic (exact) mass is 364 g/mol. The molecule has 6 heteroatoms. The van der Waals surface area contributed by atoms with Gasteiger partial charge in [0, 0.05) is 17.6 Å². The number of sulfonamides is 1. The highest BCUT2D eigenvalue weighted by atomic mass is 35.5. The van der Waals surface area contributed by atoms with E-state index in [0.717, 1.165) is 31.5 Å². The molecule has 2 aromatic carbocycles. The van der Waals surface area contributed by atoms with Gasteiger partial charge in [0.15, 0.2) is 0 Å². The lowest BCUT2D eigenvalue weighted by Gasteiger charge is -2.28. The molecule has 128 valence electrons. The fourth-order valence-corrected chi connectivity index (χ4v) is 4.35. The highest BCUT2D eigenvalue weighted by Gasteiger charge is 2.25. The summed E-state index contributed by atoms with van der Waals surface area (Å²) in [5.74, 6) is 0. The summed E-state index contributed by atoms with van der Waals surface area (Å²) in [5.41, 5.74) is 1.04. The van der Waals surface area contributed by atoms with E-state index in [9.17, 15) is 8.42 Å². The first kappa shape index (κ1) is 17.4. The molecule has 24 heavy (non-hydrogen) atoms. The molecule has 0 aromatic heterocycles. The molecule has 1 saturated heterocycles. The van der Waals surface area contributed by atoms with Gasteiger partial charge in [0.1, 0.15) is 0 Å². The third-order valence-corrected chi connectivity index (χ3v) is 6.01. The summed E-state index contributed by atoms with van der Waals surface area (Å²) in [7, 11) is -3.51. The lowest BCUT2D eigenvalue weighted by Crippen LogP contribution is -2.36. The van der Waals surface area contributed by atoms with Gasteiger partial charge >= 0.3 is 0 Å². The number of nitrogens with one attached hydrogen (secondary N) is 1. The normalized spacial score (nSPS) is 17.0. The van der Waals surface area contributed by atoms with E-state index in [-0.39, 0.29) is 10.9 Å². The molecule has 0 bridgehead atoms. The molecular formula is C18H21ClN2O2S. The van der Waals surface area contributed by atoms with E-state index in [0.29, 0.717) is 11.6 Å². The summed E-state index contributed by atoms with van der Waals surface area (Å²) < 4.78 is 27.7. The second-order valence-electron chi connectivity index (χ2n) is 5.98. The second-order valence-corrected chi connectivity index (χ2v) is 8.18. The van der Waals surface area contributed by atoms with Crippen molar-refractivity contribution in [2.75, 3.05) is 19.6 Å². The van der Waals surface area contributed by atoms with E-state index in [1.54, 1.807) is 30.3 Å². The topological polar surface area (TPSA) is 49.4 Å². The van der Waals surface area contributed by atoms with Gasteiger partial charge in [-0.15, -0.1) is 0 Å². The molecule has 0 amide bonds. The number of likely N-dealkylation sites (tertiary alicyclic amines) is 1. The average molecular weight is 365 g/mol. The molecule has 4 nitrogen and oxygen atoms in total. The van der Waals surface area contributed by atoms with Crippen LogP contribution in [0.4, 0.5) is 0 Å². The van der Waals surface area contributed by atoms with E-state index in [4.69, 9.17) is 11.6 Å². The Hall–Kier alpha value is -1.40. The third-order valence-electron chi connectivity index (χ3n) is 4.34. The Labute approximate surface area is 148 Å². The van der Waals surface area contributed by atoms with Gasteiger partial charge in [0.2, 0.25) is 10.0 Å². The molecule has 1 aliphatic heterocycles. The zero-order valence-corrected chi connectivity index (χ0v) is 14.9. The molecule has 1 heterocycles. The van der Waals surface area contributed by atoms with Crippen molar-refractivity contribution in [1.82, 2.24) is 9.62 Å². The molecule has 0 aliphatic carbocycles. The molecule has 1 N–H and O–H groups in total. The standard InChI is InChI=1S/C18H21ClN2O2S/c19-16-8-6-7-15(13-16)18(21-11-4-5-12-21)14-20-24(22,23)17-9-2-1-3-10-17/h1-3,6-10,13,18,20H,4-5,11-12,14H2. The van der Waals surface area contributed by atoms with E-state index >= 15 is 0 Å². The van der Waals surface area contributed by atoms with Crippen molar-refractivity contribution in [1.29, 1.82) is 0 Å². The lowest BCUT2D eigenvalue weighted by atomic mass is 10.1. The SMILES string of the molecule is O=S(=O)(NCC(c1cccc(Cl)c1)N1CCCC1)c1ccccc1. The number of rotatable bonds is 6. The summed E-state index contributed by atoms with van der Waals surface area (Å²) >= 11 is 6.12. The van der Waals surface area contributed by atoms with E-state index < -0.39 is 10.0 Å². The molecule has 1 unspecified atom stereocenters. The summed E-state index contributed by atoms with van der Waals surface area (Å²) in [4.78, 5) is 2.61. The van der Waals surface area contributed by atoms with Gasteiger partial charge in [0.05, 0.1) is 4.90 Å². The average Bonchev–Trinajstić information content (AvgIpc) is 3.10. The van der Waals surface area contributed by atoms with Crippen LogP contribution in [0.2, 0.25) is 5.02 Å². The van der Waals surface area contributed by atoms with Crippen molar-refractivity contribution >= 4 is 21.6 Å². The van der Waals surface area contributed by atoms with Gasteiger partial charge in [-0.1, -0.05) is 41.9 Å². The van der Waals surface area contributed by atoms with Crippen LogP contribution in [0.25, 0.3) is 0 Å². The molecule has 1 atom stereocenters. The zero-order chi connectivity index (χ0) is 17.0. The van der Waals surface area contributed by atoms with Gasteiger partial charge in [-0.2, -0.15) is 0 Å². The van der Waals surface area contributed by atoms with E-state index in [1.807, 2.05) is 24.3 Å². The van der Waals surface area contributed by atoms with Crippen LogP contribution < -0.4 is 4.72 Å². The number of halogens is 1. The van der Waals surface area contributed by atoms with Crippen molar-refractivity contribution in [2.24, 2.45) is 0 Å². The van der Waals surface area contributed by atoms with Crippen LogP contribution in [0.15, 0.2) is 59.5 Å². The Bertz CT molecular complexity index is 775. The Balaban J connectivity index is 1.80. The van der Waals surface area contributed by atoms with Crippen LogP contribution in [0, 0.1) is 0 Å². The highest BCUT2D eigenvalue weighted by Crippen LogP contribution is 2.27. The minimum atomic E-state index is -3.51. The Morgan fingerprint density at radius 3 is 2.42 bits per heavy atom. The second kappa shape index (κ2) is 7.66. The summed E-state index contributed by atoms with van der Waals surface area (Å²) in [6.45, 7) is 2.28. The van der Waals surface area contributed by atoms with Crippen LogP contribution >= 0.6 is 11.6 Å². The van der Waals surface area contributed by atoms with Crippen LogP contribution in [0.5, 0.6) is 0 Å². The molecule has 0 spiro atoms. The minimum Gasteiger partial charge on any atom is -0.295 e. The molecule has 1 fully saturated rings. The number of benzene rings is 2. The maximum atomic E-state index is 12.5. The maximum absolute atomic E-state index is 12.5. The smallest absolute Gasteiger partial charge is 0.240 e. The third kappa shape index (κ3) is 4.16. The molecular weight excluding hydrogens is 344 g/mol.